The highest BCUT2D eigenvalue weighted by Gasteiger charge is 2.18. The lowest BCUT2D eigenvalue weighted by molar-refractivity contribution is 0.307. The first-order chi connectivity index (χ1) is 16.8. The molecule has 0 saturated heterocycles. The van der Waals surface area contributed by atoms with E-state index >= 15 is 0 Å². The van der Waals surface area contributed by atoms with E-state index in [4.69, 9.17) is 4.74 Å². The molecule has 0 aliphatic carbocycles. The van der Waals surface area contributed by atoms with Gasteiger partial charge in [0.2, 0.25) is 0 Å². The molecule has 0 aromatic heterocycles. The van der Waals surface area contributed by atoms with Crippen LogP contribution in [0, 0.1) is 47.9 Å². The molecule has 0 N–H and O–H groups in total. The first-order valence-electron chi connectivity index (χ1n) is 11.1. The summed E-state index contributed by atoms with van der Waals surface area (Å²) in [6.45, 7) is 4.33. The molecule has 1 nitrogen and oxygen atoms in total. The molecule has 0 amide bonds. The summed E-state index contributed by atoms with van der Waals surface area (Å²) in [6.07, 6.45) is 1.87. The lowest BCUT2D eigenvalue weighted by Gasteiger charge is -2.08. The second-order valence-corrected chi connectivity index (χ2v) is 8.17. The smallest absolute Gasteiger partial charge is 0.195 e. The number of halogens is 5. The molecule has 4 rings (SSSR count). The van der Waals surface area contributed by atoms with Crippen molar-refractivity contribution in [1.29, 1.82) is 0 Å². The molecule has 0 spiro atoms. The predicted octanol–water partition coefficient (Wildman–Crippen LogP) is 8.09. The summed E-state index contributed by atoms with van der Waals surface area (Å²) in [6, 6.07) is 12.9. The van der Waals surface area contributed by atoms with Crippen LogP contribution in [-0.2, 0) is 0 Å². The van der Waals surface area contributed by atoms with Crippen LogP contribution < -0.4 is 4.74 Å². The highest BCUT2D eigenvalue weighted by atomic mass is 19.2. The summed E-state index contributed by atoms with van der Waals surface area (Å²) >= 11 is 0. The average Bonchev–Trinajstić information content (AvgIpc) is 2.82. The fraction of sp³-hybridized carbons (Fsp3) is 0.172. The number of unbranched alkanes of at least 4 members (excludes halogenated alkanes) is 1. The Kier molecular flexibility index (Phi) is 7.07. The van der Waals surface area contributed by atoms with Gasteiger partial charge >= 0.3 is 0 Å². The van der Waals surface area contributed by atoms with Crippen LogP contribution in [0.5, 0.6) is 5.75 Å². The summed E-state index contributed by atoms with van der Waals surface area (Å²) in [4.78, 5) is 0. The Morgan fingerprint density at radius 2 is 1.49 bits per heavy atom. The zero-order chi connectivity index (χ0) is 25.1. The normalized spacial score (nSPS) is 10.8. The Balaban J connectivity index is 1.59. The molecule has 0 bridgehead atoms. The highest BCUT2D eigenvalue weighted by Crippen LogP contribution is 2.31. The summed E-state index contributed by atoms with van der Waals surface area (Å²) < 4.78 is 75.7. The molecule has 0 fully saturated rings. The predicted molar refractivity (Wildman–Crippen MR) is 127 cm³/mol. The molecule has 4 aromatic rings. The summed E-state index contributed by atoms with van der Waals surface area (Å²) in [5.74, 6) is 0.0976. The largest absolute Gasteiger partial charge is 0.493 e. The minimum atomic E-state index is -1.71. The van der Waals surface area contributed by atoms with Crippen molar-refractivity contribution in [2.45, 2.75) is 26.7 Å². The molecule has 6 heteroatoms. The third-order valence-corrected chi connectivity index (χ3v) is 5.60. The SMILES string of the molecule is CCCCOc1cc(C)c(C#Cc2ccc(-c3cc(F)c4c(F)c(F)c(F)cc4c3)cc2)c(F)c1. The third kappa shape index (κ3) is 5.14. The molecule has 0 aliphatic rings. The number of fused-ring (bicyclic) bond motifs is 1. The molecular formula is C29H21F5O. The lowest BCUT2D eigenvalue weighted by Crippen LogP contribution is -1.99. The minimum absolute atomic E-state index is 0.0895. The number of aryl methyl sites for hydroxylation is 1. The number of benzene rings is 4. The van der Waals surface area contributed by atoms with Gasteiger partial charge in [-0.25, -0.2) is 22.0 Å². The van der Waals surface area contributed by atoms with E-state index in [1.165, 1.54) is 12.1 Å². The van der Waals surface area contributed by atoms with Crippen LogP contribution in [0.15, 0.2) is 54.6 Å². The van der Waals surface area contributed by atoms with Gasteiger partial charge in [-0.1, -0.05) is 37.3 Å². The number of hydrogen-bond acceptors (Lipinski definition) is 1. The first kappa shape index (κ1) is 24.3. The van der Waals surface area contributed by atoms with E-state index in [0.29, 0.717) is 34.6 Å². The van der Waals surface area contributed by atoms with E-state index < -0.39 is 34.5 Å². The molecule has 0 saturated carbocycles. The molecule has 0 aliphatic heterocycles. The standard InChI is InChI=1S/C29H21F5O/c1-3-4-11-35-22-12-17(2)23(24(30)16-22)10-7-18-5-8-19(9-6-18)20-13-21-15-26(32)28(33)29(34)27(21)25(31)14-20/h5-6,8-9,12-16H,3-4,11H2,1-2H3. The van der Waals surface area contributed by atoms with Crippen molar-refractivity contribution in [3.8, 4) is 28.7 Å². The number of ether oxygens (including phenoxy) is 1. The van der Waals surface area contributed by atoms with E-state index in [2.05, 4.69) is 11.8 Å². The van der Waals surface area contributed by atoms with Crippen LogP contribution in [0.25, 0.3) is 21.9 Å². The van der Waals surface area contributed by atoms with Crippen LogP contribution >= 0.6 is 0 Å². The highest BCUT2D eigenvalue weighted by molar-refractivity contribution is 5.88. The maximum Gasteiger partial charge on any atom is 0.195 e. The Morgan fingerprint density at radius 3 is 2.17 bits per heavy atom. The van der Waals surface area contributed by atoms with Crippen molar-refractivity contribution in [1.82, 2.24) is 0 Å². The fourth-order valence-electron chi connectivity index (χ4n) is 3.72. The topological polar surface area (TPSA) is 9.23 Å². The molecule has 35 heavy (non-hydrogen) atoms. The van der Waals surface area contributed by atoms with Gasteiger partial charge < -0.3 is 4.74 Å². The maximum atomic E-state index is 14.6. The van der Waals surface area contributed by atoms with E-state index in [1.54, 1.807) is 37.3 Å². The Morgan fingerprint density at radius 1 is 0.743 bits per heavy atom. The van der Waals surface area contributed by atoms with Gasteiger partial charge in [-0.05, 0) is 71.8 Å². The zero-order valence-corrected chi connectivity index (χ0v) is 19.1. The monoisotopic (exact) mass is 480 g/mol. The fourth-order valence-corrected chi connectivity index (χ4v) is 3.72. The van der Waals surface area contributed by atoms with E-state index in [0.717, 1.165) is 25.0 Å². The van der Waals surface area contributed by atoms with Crippen molar-refractivity contribution in [2.75, 3.05) is 6.61 Å². The molecule has 178 valence electrons. The van der Waals surface area contributed by atoms with Gasteiger partial charge in [0.05, 0.1) is 17.6 Å². The van der Waals surface area contributed by atoms with Crippen molar-refractivity contribution in [3.63, 3.8) is 0 Å². The zero-order valence-electron chi connectivity index (χ0n) is 19.1. The molecule has 0 heterocycles. The van der Waals surface area contributed by atoms with E-state index in [-0.39, 0.29) is 10.9 Å². The van der Waals surface area contributed by atoms with Gasteiger partial charge in [0.1, 0.15) is 17.4 Å². The van der Waals surface area contributed by atoms with Gasteiger partial charge in [-0.3, -0.25) is 0 Å². The Bertz CT molecular complexity index is 1440. The Hall–Kier alpha value is -3.85. The number of rotatable bonds is 5. The van der Waals surface area contributed by atoms with Gasteiger partial charge in [-0.15, -0.1) is 0 Å². The average molecular weight is 480 g/mol. The maximum absolute atomic E-state index is 14.6. The summed E-state index contributed by atoms with van der Waals surface area (Å²) in [5, 5.41) is -0.692. The molecule has 0 atom stereocenters. The molecule has 0 radical (unpaired) electrons. The van der Waals surface area contributed by atoms with Crippen molar-refractivity contribution in [2.24, 2.45) is 0 Å². The molecule has 0 unspecified atom stereocenters. The van der Waals surface area contributed by atoms with Crippen LogP contribution in [0.3, 0.4) is 0 Å². The minimum Gasteiger partial charge on any atom is -0.493 e. The second-order valence-electron chi connectivity index (χ2n) is 8.17. The van der Waals surface area contributed by atoms with Crippen molar-refractivity contribution in [3.05, 3.63) is 100 Å². The van der Waals surface area contributed by atoms with Gasteiger partial charge in [-0.2, -0.15) is 0 Å². The summed E-state index contributed by atoms with van der Waals surface area (Å²) in [7, 11) is 0. The van der Waals surface area contributed by atoms with E-state index in [1.807, 2.05) is 6.92 Å². The first-order valence-corrected chi connectivity index (χ1v) is 11.1. The van der Waals surface area contributed by atoms with Crippen LogP contribution in [0.1, 0.15) is 36.5 Å². The van der Waals surface area contributed by atoms with Crippen LogP contribution in [-0.4, -0.2) is 6.61 Å². The van der Waals surface area contributed by atoms with Gasteiger partial charge in [0.15, 0.2) is 17.5 Å². The molecular weight excluding hydrogens is 459 g/mol. The third-order valence-electron chi connectivity index (χ3n) is 5.60. The molecule has 4 aromatic carbocycles. The quantitative estimate of drug-likeness (QED) is 0.121. The second kappa shape index (κ2) is 10.2. The van der Waals surface area contributed by atoms with Gasteiger partial charge in [0.25, 0.3) is 0 Å². The van der Waals surface area contributed by atoms with Crippen molar-refractivity contribution < 1.29 is 26.7 Å². The van der Waals surface area contributed by atoms with Crippen molar-refractivity contribution >= 4 is 10.8 Å². The van der Waals surface area contributed by atoms with Crippen LogP contribution in [0.2, 0.25) is 0 Å². The Labute approximate surface area is 200 Å². The lowest BCUT2D eigenvalue weighted by atomic mass is 9.99. The summed E-state index contributed by atoms with van der Waals surface area (Å²) in [5.41, 5.74) is 2.45. The van der Waals surface area contributed by atoms with Gasteiger partial charge in [0, 0.05) is 11.6 Å². The number of hydrogen-bond donors (Lipinski definition) is 0. The van der Waals surface area contributed by atoms with Crippen LogP contribution in [0.4, 0.5) is 22.0 Å². The van der Waals surface area contributed by atoms with E-state index in [9.17, 15) is 22.0 Å².